The maximum absolute atomic E-state index is 13.2. The average molecular weight is 346 g/mol. The van der Waals surface area contributed by atoms with E-state index in [2.05, 4.69) is 21.7 Å². The van der Waals surface area contributed by atoms with Crippen molar-refractivity contribution in [2.24, 2.45) is 0 Å². The second kappa shape index (κ2) is 7.00. The predicted octanol–water partition coefficient (Wildman–Crippen LogP) is 2.84. The number of carbonyl (C=O) groups excluding carboxylic acids is 1. The summed E-state index contributed by atoms with van der Waals surface area (Å²) in [6.45, 7) is 12.3. The maximum Gasteiger partial charge on any atom is 0.256 e. The van der Waals surface area contributed by atoms with E-state index in [-0.39, 0.29) is 17.9 Å². The fourth-order valence-corrected chi connectivity index (χ4v) is 3.32. The zero-order chi connectivity index (χ0) is 18.1. The number of hydrogen-bond acceptors (Lipinski definition) is 5. The molecule has 3 rings (SSSR count). The van der Waals surface area contributed by atoms with Crippen LogP contribution in [0.25, 0.3) is 0 Å². The van der Waals surface area contributed by atoms with Crippen LogP contribution < -0.4 is 0 Å². The topological polar surface area (TPSA) is 73.4 Å². The second-order valence-corrected chi connectivity index (χ2v) is 6.75. The molecule has 1 fully saturated rings. The Morgan fingerprint density at radius 2 is 2.12 bits per heavy atom. The van der Waals surface area contributed by atoms with Gasteiger partial charge < -0.3 is 18.6 Å². The molecule has 0 spiro atoms. The molecule has 1 atom stereocenters. The summed E-state index contributed by atoms with van der Waals surface area (Å²) in [5, 5.41) is 8.25. The smallest absolute Gasteiger partial charge is 0.256 e. The zero-order valence-corrected chi connectivity index (χ0v) is 15.6. The lowest BCUT2D eigenvalue weighted by Gasteiger charge is -2.33. The van der Waals surface area contributed by atoms with Crippen LogP contribution in [0.1, 0.15) is 66.3 Å². The molecule has 7 heteroatoms. The van der Waals surface area contributed by atoms with Gasteiger partial charge in [-0.1, -0.05) is 13.8 Å². The fourth-order valence-electron chi connectivity index (χ4n) is 3.32. The van der Waals surface area contributed by atoms with Crippen molar-refractivity contribution in [2.75, 3.05) is 19.8 Å². The Hall–Kier alpha value is -2.15. The lowest BCUT2D eigenvalue weighted by Crippen LogP contribution is -2.43. The molecule has 0 unspecified atom stereocenters. The Morgan fingerprint density at radius 1 is 1.36 bits per heavy atom. The summed E-state index contributed by atoms with van der Waals surface area (Å²) in [6, 6.07) is 1.62. The van der Waals surface area contributed by atoms with Crippen LogP contribution in [0.3, 0.4) is 0 Å². The van der Waals surface area contributed by atoms with Crippen molar-refractivity contribution in [2.45, 2.75) is 53.1 Å². The molecular formula is C18H26N4O3. The van der Waals surface area contributed by atoms with Crippen LogP contribution in [0, 0.1) is 13.8 Å². The van der Waals surface area contributed by atoms with E-state index in [0.717, 1.165) is 23.5 Å². The minimum atomic E-state index is -0.342. The van der Waals surface area contributed by atoms with Crippen LogP contribution in [-0.4, -0.2) is 45.3 Å². The number of carbonyl (C=O) groups is 1. The van der Waals surface area contributed by atoms with Gasteiger partial charge in [0.15, 0.2) is 0 Å². The third-order valence-electron chi connectivity index (χ3n) is 4.74. The highest BCUT2D eigenvalue weighted by atomic mass is 16.5. The van der Waals surface area contributed by atoms with E-state index in [4.69, 9.17) is 9.15 Å². The van der Waals surface area contributed by atoms with Crippen molar-refractivity contribution in [1.82, 2.24) is 19.7 Å². The number of rotatable bonds is 4. The van der Waals surface area contributed by atoms with Gasteiger partial charge in [-0.2, -0.15) is 0 Å². The summed E-state index contributed by atoms with van der Waals surface area (Å²) in [4.78, 5) is 15.0. The number of ether oxygens (including phenoxy) is 1. The van der Waals surface area contributed by atoms with Gasteiger partial charge in [0.1, 0.15) is 6.04 Å². The average Bonchev–Trinajstić information content (AvgIpc) is 3.19. The monoisotopic (exact) mass is 346 g/mol. The van der Waals surface area contributed by atoms with Crippen LogP contribution in [0.4, 0.5) is 0 Å². The molecule has 1 aliphatic rings. The number of aryl methyl sites for hydroxylation is 1. The summed E-state index contributed by atoms with van der Waals surface area (Å²) < 4.78 is 13.5. The first-order valence-corrected chi connectivity index (χ1v) is 8.82. The lowest BCUT2D eigenvalue weighted by atomic mass is 10.1. The van der Waals surface area contributed by atoms with E-state index >= 15 is 0 Å². The molecule has 0 radical (unpaired) electrons. The van der Waals surface area contributed by atoms with E-state index < -0.39 is 0 Å². The van der Waals surface area contributed by atoms with Gasteiger partial charge in [-0.15, -0.1) is 10.2 Å². The van der Waals surface area contributed by atoms with Crippen LogP contribution in [0.2, 0.25) is 0 Å². The summed E-state index contributed by atoms with van der Waals surface area (Å²) in [7, 11) is 0. The van der Waals surface area contributed by atoms with E-state index in [9.17, 15) is 4.79 Å². The van der Waals surface area contributed by atoms with E-state index in [0.29, 0.717) is 31.5 Å². The van der Waals surface area contributed by atoms with Crippen LogP contribution >= 0.6 is 0 Å². The molecule has 3 heterocycles. The van der Waals surface area contributed by atoms with Crippen molar-refractivity contribution >= 4 is 5.91 Å². The van der Waals surface area contributed by atoms with Gasteiger partial charge in [0.25, 0.3) is 5.91 Å². The first-order chi connectivity index (χ1) is 11.9. The third kappa shape index (κ3) is 3.20. The van der Waals surface area contributed by atoms with Gasteiger partial charge in [-0.05, 0) is 26.8 Å². The SMILES string of the molecule is CCn1c(C)cc(C(=O)N2CCOC[C@H]2c2nnc(C(C)C)o2)c1C. The van der Waals surface area contributed by atoms with Gasteiger partial charge in [0, 0.05) is 30.4 Å². The highest BCUT2D eigenvalue weighted by molar-refractivity contribution is 5.96. The van der Waals surface area contributed by atoms with Crippen molar-refractivity contribution < 1.29 is 13.9 Å². The zero-order valence-electron chi connectivity index (χ0n) is 15.6. The molecule has 0 saturated carbocycles. The van der Waals surface area contributed by atoms with Gasteiger partial charge in [-0.25, -0.2) is 0 Å². The van der Waals surface area contributed by atoms with E-state index in [1.807, 2.05) is 33.8 Å². The Kier molecular flexibility index (Phi) is 4.94. The Bertz CT molecular complexity index is 762. The standard InChI is InChI=1S/C18H26N4O3/c1-6-21-12(4)9-14(13(21)5)18(23)22-7-8-24-10-15(22)17-20-19-16(25-17)11(2)3/h9,11,15H,6-8,10H2,1-5H3/t15-/m0/s1. The molecule has 136 valence electrons. The highest BCUT2D eigenvalue weighted by Crippen LogP contribution is 2.28. The molecule has 7 nitrogen and oxygen atoms in total. The molecule has 1 amide bonds. The quantitative estimate of drug-likeness (QED) is 0.851. The molecule has 0 bridgehead atoms. The lowest BCUT2D eigenvalue weighted by molar-refractivity contribution is -0.0108. The number of morpholine rings is 1. The minimum Gasteiger partial charge on any atom is -0.423 e. The van der Waals surface area contributed by atoms with Crippen molar-refractivity contribution in [3.63, 3.8) is 0 Å². The molecule has 0 N–H and O–H groups in total. The normalized spacial score (nSPS) is 18.2. The molecule has 25 heavy (non-hydrogen) atoms. The van der Waals surface area contributed by atoms with E-state index in [1.165, 1.54) is 0 Å². The summed E-state index contributed by atoms with van der Waals surface area (Å²) in [5.74, 6) is 1.17. The van der Waals surface area contributed by atoms with Crippen LogP contribution in [0.15, 0.2) is 10.5 Å². The first-order valence-electron chi connectivity index (χ1n) is 8.82. The Labute approximate surface area is 148 Å². The molecule has 1 aliphatic heterocycles. The van der Waals surface area contributed by atoms with Gasteiger partial charge in [0.05, 0.1) is 18.8 Å². The number of amides is 1. The number of aromatic nitrogens is 3. The molecular weight excluding hydrogens is 320 g/mol. The van der Waals surface area contributed by atoms with E-state index in [1.54, 1.807) is 4.90 Å². The minimum absolute atomic E-state index is 0.00889. The maximum atomic E-state index is 13.2. The molecule has 2 aromatic heterocycles. The van der Waals surface area contributed by atoms with Gasteiger partial charge in [0.2, 0.25) is 11.8 Å². The number of nitrogens with zero attached hydrogens (tertiary/aromatic N) is 4. The predicted molar refractivity (Wildman–Crippen MR) is 92.6 cm³/mol. The fraction of sp³-hybridized carbons (Fsp3) is 0.611. The first kappa shape index (κ1) is 17.7. The summed E-state index contributed by atoms with van der Waals surface area (Å²) >= 11 is 0. The van der Waals surface area contributed by atoms with Crippen molar-refractivity contribution in [3.05, 3.63) is 34.8 Å². The summed E-state index contributed by atoms with van der Waals surface area (Å²) in [6.07, 6.45) is 0. The summed E-state index contributed by atoms with van der Waals surface area (Å²) in [5.41, 5.74) is 2.81. The number of hydrogen-bond donors (Lipinski definition) is 0. The second-order valence-electron chi connectivity index (χ2n) is 6.75. The molecule has 0 aromatic carbocycles. The third-order valence-corrected chi connectivity index (χ3v) is 4.74. The van der Waals surface area contributed by atoms with Crippen LogP contribution in [0.5, 0.6) is 0 Å². The van der Waals surface area contributed by atoms with Crippen molar-refractivity contribution in [3.8, 4) is 0 Å². The van der Waals surface area contributed by atoms with Crippen molar-refractivity contribution in [1.29, 1.82) is 0 Å². The molecule has 2 aromatic rings. The van der Waals surface area contributed by atoms with Gasteiger partial charge >= 0.3 is 0 Å². The largest absolute Gasteiger partial charge is 0.423 e. The van der Waals surface area contributed by atoms with Crippen LogP contribution in [-0.2, 0) is 11.3 Å². The molecule has 1 saturated heterocycles. The van der Waals surface area contributed by atoms with Gasteiger partial charge in [-0.3, -0.25) is 4.79 Å². The highest BCUT2D eigenvalue weighted by Gasteiger charge is 2.34. The molecule has 0 aliphatic carbocycles. The Balaban J connectivity index is 1.91. The Morgan fingerprint density at radius 3 is 2.72 bits per heavy atom.